The largest absolute Gasteiger partial charge is 0.383 e. The predicted octanol–water partition coefficient (Wildman–Crippen LogP) is 2.00. The van der Waals surface area contributed by atoms with Gasteiger partial charge < -0.3 is 10.1 Å². The molecule has 0 aliphatic rings. The SMILES string of the molecule is COCCNCC(=O)Nc1nnc(SCc2ccccc2)s1. The van der Waals surface area contributed by atoms with Crippen molar-refractivity contribution in [1.29, 1.82) is 0 Å². The minimum atomic E-state index is -0.133. The summed E-state index contributed by atoms with van der Waals surface area (Å²) in [5.41, 5.74) is 1.23. The zero-order chi connectivity index (χ0) is 15.6. The maximum absolute atomic E-state index is 11.7. The van der Waals surface area contributed by atoms with E-state index in [0.29, 0.717) is 18.3 Å². The first-order chi connectivity index (χ1) is 10.8. The number of nitrogens with zero attached hydrogens (tertiary/aromatic N) is 2. The van der Waals surface area contributed by atoms with Crippen LogP contribution in [0.15, 0.2) is 34.7 Å². The second-order valence-electron chi connectivity index (χ2n) is 4.37. The highest BCUT2D eigenvalue weighted by Crippen LogP contribution is 2.28. The molecule has 0 bridgehead atoms. The number of methoxy groups -OCH3 is 1. The Balaban J connectivity index is 1.73. The molecule has 8 heteroatoms. The van der Waals surface area contributed by atoms with Gasteiger partial charge in [0, 0.05) is 19.4 Å². The van der Waals surface area contributed by atoms with Crippen molar-refractivity contribution in [2.45, 2.75) is 10.1 Å². The van der Waals surface area contributed by atoms with E-state index in [-0.39, 0.29) is 12.5 Å². The van der Waals surface area contributed by atoms with Gasteiger partial charge in [-0.1, -0.05) is 53.4 Å². The molecule has 2 N–H and O–H groups in total. The Labute approximate surface area is 137 Å². The van der Waals surface area contributed by atoms with Gasteiger partial charge in [-0.2, -0.15) is 0 Å². The number of hydrogen-bond donors (Lipinski definition) is 2. The van der Waals surface area contributed by atoms with Crippen LogP contribution in [0.3, 0.4) is 0 Å². The third-order valence-corrected chi connectivity index (χ3v) is 4.67. The minimum absolute atomic E-state index is 0.133. The van der Waals surface area contributed by atoms with Gasteiger partial charge in [0.1, 0.15) is 0 Å². The summed E-state index contributed by atoms with van der Waals surface area (Å²) in [6.07, 6.45) is 0. The molecule has 0 spiro atoms. The summed E-state index contributed by atoms with van der Waals surface area (Å²) in [7, 11) is 1.62. The van der Waals surface area contributed by atoms with Crippen LogP contribution < -0.4 is 10.6 Å². The third-order valence-electron chi connectivity index (χ3n) is 2.63. The Bertz CT molecular complexity index is 577. The Hall–Kier alpha value is -1.48. The highest BCUT2D eigenvalue weighted by molar-refractivity contribution is 8.00. The molecule has 2 aromatic rings. The number of thioether (sulfide) groups is 1. The van der Waals surface area contributed by atoms with Crippen LogP contribution in [0.25, 0.3) is 0 Å². The first-order valence-electron chi connectivity index (χ1n) is 6.77. The van der Waals surface area contributed by atoms with E-state index < -0.39 is 0 Å². The molecule has 0 aliphatic carbocycles. The molecule has 6 nitrogen and oxygen atoms in total. The molecular weight excluding hydrogens is 320 g/mol. The van der Waals surface area contributed by atoms with E-state index in [1.54, 1.807) is 18.9 Å². The van der Waals surface area contributed by atoms with Crippen molar-refractivity contribution in [3.05, 3.63) is 35.9 Å². The highest BCUT2D eigenvalue weighted by atomic mass is 32.2. The molecule has 0 atom stereocenters. The van der Waals surface area contributed by atoms with Gasteiger partial charge in [-0.25, -0.2) is 0 Å². The number of aromatic nitrogens is 2. The Morgan fingerprint density at radius 2 is 2.14 bits per heavy atom. The van der Waals surface area contributed by atoms with Gasteiger partial charge in [0.15, 0.2) is 4.34 Å². The van der Waals surface area contributed by atoms with Crippen molar-refractivity contribution in [3.8, 4) is 0 Å². The first-order valence-corrected chi connectivity index (χ1v) is 8.58. The van der Waals surface area contributed by atoms with Crippen LogP contribution in [0.2, 0.25) is 0 Å². The fourth-order valence-corrected chi connectivity index (χ4v) is 3.30. The zero-order valence-electron chi connectivity index (χ0n) is 12.2. The van der Waals surface area contributed by atoms with Crippen molar-refractivity contribution in [3.63, 3.8) is 0 Å². The van der Waals surface area contributed by atoms with Crippen molar-refractivity contribution >= 4 is 34.1 Å². The molecule has 0 radical (unpaired) electrons. The van der Waals surface area contributed by atoms with E-state index >= 15 is 0 Å². The number of rotatable bonds is 9. The van der Waals surface area contributed by atoms with E-state index in [4.69, 9.17) is 4.74 Å². The average Bonchev–Trinajstić information content (AvgIpc) is 2.98. The molecule has 2 rings (SSSR count). The summed E-state index contributed by atoms with van der Waals surface area (Å²) < 4.78 is 5.73. The van der Waals surface area contributed by atoms with E-state index in [2.05, 4.69) is 33.0 Å². The molecular formula is C14H18N4O2S2. The van der Waals surface area contributed by atoms with Crippen LogP contribution in [0, 0.1) is 0 Å². The smallest absolute Gasteiger partial charge is 0.240 e. The lowest BCUT2D eigenvalue weighted by Crippen LogP contribution is -2.30. The molecule has 1 amide bonds. The lowest BCUT2D eigenvalue weighted by molar-refractivity contribution is -0.115. The van der Waals surface area contributed by atoms with Crippen molar-refractivity contribution in [2.24, 2.45) is 0 Å². The molecule has 22 heavy (non-hydrogen) atoms. The zero-order valence-corrected chi connectivity index (χ0v) is 13.9. The lowest BCUT2D eigenvalue weighted by atomic mass is 10.2. The van der Waals surface area contributed by atoms with E-state index in [0.717, 1.165) is 10.1 Å². The fourth-order valence-electron chi connectivity index (χ4n) is 1.58. The molecule has 1 aromatic carbocycles. The second kappa shape index (κ2) is 9.52. The highest BCUT2D eigenvalue weighted by Gasteiger charge is 2.08. The van der Waals surface area contributed by atoms with E-state index in [1.807, 2.05) is 18.2 Å². The van der Waals surface area contributed by atoms with Gasteiger partial charge in [0.05, 0.1) is 13.2 Å². The van der Waals surface area contributed by atoms with Gasteiger partial charge >= 0.3 is 0 Å². The number of nitrogens with one attached hydrogen (secondary N) is 2. The third kappa shape index (κ3) is 6.10. The number of hydrogen-bond acceptors (Lipinski definition) is 7. The van der Waals surface area contributed by atoms with Gasteiger partial charge in [0.25, 0.3) is 0 Å². The van der Waals surface area contributed by atoms with Crippen LogP contribution >= 0.6 is 23.1 Å². The Morgan fingerprint density at radius 3 is 2.91 bits per heavy atom. The quantitative estimate of drug-likeness (QED) is 0.414. The second-order valence-corrected chi connectivity index (χ2v) is 6.57. The standard InChI is InChI=1S/C14H18N4O2S2/c1-20-8-7-15-9-12(19)16-13-17-18-14(22-13)21-10-11-5-3-2-4-6-11/h2-6,15H,7-10H2,1H3,(H,16,17,19). The molecule has 1 heterocycles. The summed E-state index contributed by atoms with van der Waals surface area (Å²) in [5, 5.41) is 14.3. The first kappa shape index (κ1) is 16.9. The molecule has 0 saturated heterocycles. The Morgan fingerprint density at radius 1 is 1.32 bits per heavy atom. The normalized spacial score (nSPS) is 10.6. The van der Waals surface area contributed by atoms with Gasteiger partial charge in [-0.3, -0.25) is 10.1 Å². The topological polar surface area (TPSA) is 76.1 Å². The number of amides is 1. The van der Waals surface area contributed by atoms with Gasteiger partial charge in [-0.05, 0) is 5.56 Å². The number of ether oxygens (including phenoxy) is 1. The molecule has 1 aromatic heterocycles. The molecule has 118 valence electrons. The predicted molar refractivity (Wildman–Crippen MR) is 89.3 cm³/mol. The Kier molecular flexibility index (Phi) is 7.31. The molecule has 0 unspecified atom stereocenters. The molecule has 0 aliphatic heterocycles. The summed E-state index contributed by atoms with van der Waals surface area (Å²) in [5.74, 6) is 0.703. The van der Waals surface area contributed by atoms with E-state index in [9.17, 15) is 4.79 Å². The van der Waals surface area contributed by atoms with Crippen LogP contribution in [0.4, 0.5) is 5.13 Å². The molecule has 0 fully saturated rings. The number of carbonyl (C=O) groups excluding carboxylic acids is 1. The summed E-state index contributed by atoms with van der Waals surface area (Å²) >= 11 is 2.99. The van der Waals surface area contributed by atoms with Crippen LogP contribution in [0.5, 0.6) is 0 Å². The van der Waals surface area contributed by atoms with Crippen LogP contribution in [0.1, 0.15) is 5.56 Å². The monoisotopic (exact) mass is 338 g/mol. The fraction of sp³-hybridized carbons (Fsp3) is 0.357. The van der Waals surface area contributed by atoms with Gasteiger partial charge in [-0.15, -0.1) is 10.2 Å². The maximum atomic E-state index is 11.7. The summed E-state index contributed by atoms with van der Waals surface area (Å²) in [6, 6.07) is 10.2. The maximum Gasteiger partial charge on any atom is 0.240 e. The average molecular weight is 338 g/mol. The molecule has 0 saturated carbocycles. The summed E-state index contributed by atoms with van der Waals surface area (Å²) in [6.45, 7) is 1.44. The van der Waals surface area contributed by atoms with Crippen molar-refractivity contribution in [2.75, 3.05) is 32.1 Å². The van der Waals surface area contributed by atoms with Crippen LogP contribution in [-0.2, 0) is 15.3 Å². The van der Waals surface area contributed by atoms with Crippen molar-refractivity contribution in [1.82, 2.24) is 15.5 Å². The van der Waals surface area contributed by atoms with Gasteiger partial charge in [0.2, 0.25) is 11.0 Å². The van der Waals surface area contributed by atoms with Crippen LogP contribution in [-0.4, -0.2) is 42.9 Å². The number of anilines is 1. The number of carbonyl (C=O) groups is 1. The van der Waals surface area contributed by atoms with E-state index in [1.165, 1.54) is 16.9 Å². The minimum Gasteiger partial charge on any atom is -0.383 e. The lowest BCUT2D eigenvalue weighted by Gasteiger charge is -2.03. The van der Waals surface area contributed by atoms with Crippen molar-refractivity contribution < 1.29 is 9.53 Å². The number of benzene rings is 1. The summed E-state index contributed by atoms with van der Waals surface area (Å²) in [4.78, 5) is 11.7.